The van der Waals surface area contributed by atoms with Crippen molar-refractivity contribution in [2.45, 2.75) is 32.4 Å². The molecule has 0 aliphatic carbocycles. The average molecular weight is 371 g/mol. The fourth-order valence-electron chi connectivity index (χ4n) is 3.10. The van der Waals surface area contributed by atoms with E-state index in [2.05, 4.69) is 5.32 Å². The third kappa shape index (κ3) is 2.99. The van der Waals surface area contributed by atoms with Crippen LogP contribution in [0, 0.1) is 6.92 Å². The van der Waals surface area contributed by atoms with Gasteiger partial charge in [-0.2, -0.15) is 0 Å². The summed E-state index contributed by atoms with van der Waals surface area (Å²) in [6.45, 7) is 5.13. The summed E-state index contributed by atoms with van der Waals surface area (Å²) in [5, 5.41) is 3.14. The molecule has 0 saturated carbocycles. The van der Waals surface area contributed by atoms with Crippen LogP contribution in [0.5, 0.6) is 0 Å². The van der Waals surface area contributed by atoms with Crippen LogP contribution in [0.4, 0.5) is 4.79 Å². The number of carbonyl (C=O) groups is 3. The number of halogens is 1. The van der Waals surface area contributed by atoms with E-state index in [9.17, 15) is 14.4 Å². The van der Waals surface area contributed by atoms with Crippen molar-refractivity contribution in [3.63, 3.8) is 0 Å². The number of imide groups is 1. The van der Waals surface area contributed by atoms with Crippen LogP contribution in [-0.2, 0) is 10.3 Å². The van der Waals surface area contributed by atoms with Crippen molar-refractivity contribution in [2.75, 3.05) is 0 Å². The standard InChI is InChI=1S/C20H19ClN2O3/c1-12-7-9-15(10-8-12)20(3)18(25)23(19(26)22-20)13(2)17(24)14-5-4-6-16(21)11-14/h4-11,13H,1-3H3,(H,22,26)/t13-,20+/m0/s1. The molecule has 1 heterocycles. The van der Waals surface area contributed by atoms with E-state index in [1.54, 1.807) is 44.2 Å². The molecule has 1 saturated heterocycles. The molecule has 1 aliphatic rings. The molecule has 2 atom stereocenters. The first-order valence-electron chi connectivity index (χ1n) is 8.27. The minimum Gasteiger partial charge on any atom is -0.319 e. The summed E-state index contributed by atoms with van der Waals surface area (Å²) in [5.74, 6) is -0.793. The molecule has 5 nitrogen and oxygen atoms in total. The van der Waals surface area contributed by atoms with E-state index in [0.29, 0.717) is 16.1 Å². The number of rotatable bonds is 4. The van der Waals surface area contributed by atoms with Gasteiger partial charge in [-0.15, -0.1) is 0 Å². The lowest BCUT2D eigenvalue weighted by Gasteiger charge is -2.24. The second-order valence-electron chi connectivity index (χ2n) is 6.65. The van der Waals surface area contributed by atoms with E-state index in [1.807, 2.05) is 19.1 Å². The molecule has 0 aromatic heterocycles. The Hall–Kier alpha value is -2.66. The summed E-state index contributed by atoms with van der Waals surface area (Å²) >= 11 is 5.94. The number of carbonyl (C=O) groups excluding carboxylic acids is 3. The number of Topliss-reactive ketones (excluding diaryl/α,β-unsaturated/α-hetero) is 1. The predicted octanol–water partition coefficient (Wildman–Crippen LogP) is 3.69. The van der Waals surface area contributed by atoms with E-state index < -0.39 is 23.5 Å². The Balaban J connectivity index is 1.91. The van der Waals surface area contributed by atoms with Crippen LogP contribution < -0.4 is 5.32 Å². The van der Waals surface area contributed by atoms with Gasteiger partial charge in [0, 0.05) is 10.6 Å². The molecule has 2 aromatic rings. The highest BCUT2D eigenvalue weighted by molar-refractivity contribution is 6.31. The molecule has 0 radical (unpaired) electrons. The van der Waals surface area contributed by atoms with Crippen LogP contribution in [0.15, 0.2) is 48.5 Å². The first kappa shape index (κ1) is 18.1. The van der Waals surface area contributed by atoms with Gasteiger partial charge >= 0.3 is 6.03 Å². The first-order valence-corrected chi connectivity index (χ1v) is 8.64. The molecule has 0 bridgehead atoms. The van der Waals surface area contributed by atoms with Crippen LogP contribution in [-0.4, -0.2) is 28.7 Å². The number of nitrogens with one attached hydrogen (secondary N) is 1. The molecule has 26 heavy (non-hydrogen) atoms. The quantitative estimate of drug-likeness (QED) is 0.659. The Morgan fingerprint density at radius 1 is 1.15 bits per heavy atom. The van der Waals surface area contributed by atoms with Gasteiger partial charge in [-0.3, -0.25) is 14.5 Å². The second kappa shape index (κ2) is 6.57. The number of urea groups is 1. The highest BCUT2D eigenvalue weighted by Gasteiger charge is 2.51. The van der Waals surface area contributed by atoms with Gasteiger partial charge in [-0.1, -0.05) is 53.6 Å². The van der Waals surface area contributed by atoms with Crippen molar-refractivity contribution in [2.24, 2.45) is 0 Å². The van der Waals surface area contributed by atoms with E-state index in [0.717, 1.165) is 10.5 Å². The maximum absolute atomic E-state index is 13.0. The zero-order valence-corrected chi connectivity index (χ0v) is 15.5. The largest absolute Gasteiger partial charge is 0.325 e. The molecule has 2 aromatic carbocycles. The summed E-state index contributed by atoms with van der Waals surface area (Å²) in [7, 11) is 0. The number of amides is 3. The molecular formula is C20H19ClN2O3. The van der Waals surface area contributed by atoms with Crippen molar-refractivity contribution >= 4 is 29.3 Å². The summed E-state index contributed by atoms with van der Waals surface area (Å²) < 4.78 is 0. The second-order valence-corrected chi connectivity index (χ2v) is 7.08. The van der Waals surface area contributed by atoms with Crippen LogP contribution in [0.3, 0.4) is 0 Å². The maximum atomic E-state index is 13.0. The molecule has 0 unspecified atom stereocenters. The van der Waals surface area contributed by atoms with E-state index in [-0.39, 0.29) is 5.78 Å². The fraction of sp³-hybridized carbons (Fsp3) is 0.250. The van der Waals surface area contributed by atoms with Gasteiger partial charge in [-0.25, -0.2) is 4.79 Å². The van der Waals surface area contributed by atoms with E-state index in [1.165, 1.54) is 6.07 Å². The summed E-state index contributed by atoms with van der Waals surface area (Å²) in [5.41, 5.74) is 0.879. The SMILES string of the molecule is Cc1ccc([C@@]2(C)NC(=O)N([C@@H](C)C(=O)c3cccc(Cl)c3)C2=O)cc1. The minimum atomic E-state index is -1.20. The molecule has 1 N–H and O–H groups in total. The number of ketones is 1. The molecule has 6 heteroatoms. The molecule has 134 valence electrons. The molecule has 3 amide bonds. The topological polar surface area (TPSA) is 66.5 Å². The molecule has 3 rings (SSSR count). The Kier molecular flexibility index (Phi) is 4.59. The van der Waals surface area contributed by atoms with E-state index in [4.69, 9.17) is 11.6 Å². The van der Waals surface area contributed by atoms with Gasteiger partial charge in [0.2, 0.25) is 0 Å². The molecule has 1 fully saturated rings. The van der Waals surface area contributed by atoms with Crippen molar-refractivity contribution < 1.29 is 14.4 Å². The highest BCUT2D eigenvalue weighted by atomic mass is 35.5. The van der Waals surface area contributed by atoms with Gasteiger partial charge in [0.05, 0.1) is 0 Å². The van der Waals surface area contributed by atoms with Gasteiger partial charge in [0.25, 0.3) is 5.91 Å². The van der Waals surface area contributed by atoms with Gasteiger partial charge in [0.15, 0.2) is 5.78 Å². The number of benzene rings is 2. The zero-order chi connectivity index (χ0) is 19.1. The summed E-state index contributed by atoms with van der Waals surface area (Å²) in [6, 6.07) is 12.3. The Labute approximate surface area is 156 Å². The van der Waals surface area contributed by atoms with Crippen LogP contribution in [0.1, 0.15) is 35.3 Å². The van der Waals surface area contributed by atoms with E-state index >= 15 is 0 Å². The number of hydrogen-bond acceptors (Lipinski definition) is 3. The number of hydrogen-bond donors (Lipinski definition) is 1. The lowest BCUT2D eigenvalue weighted by Crippen LogP contribution is -2.45. The van der Waals surface area contributed by atoms with Crippen LogP contribution in [0.2, 0.25) is 5.02 Å². The number of nitrogens with zero attached hydrogens (tertiary/aromatic N) is 1. The van der Waals surface area contributed by atoms with Crippen molar-refractivity contribution in [1.82, 2.24) is 10.2 Å². The molecule has 0 spiro atoms. The van der Waals surface area contributed by atoms with Gasteiger partial charge in [-0.05, 0) is 38.5 Å². The predicted molar refractivity (Wildman–Crippen MR) is 99.2 cm³/mol. The molecular weight excluding hydrogens is 352 g/mol. The highest BCUT2D eigenvalue weighted by Crippen LogP contribution is 2.31. The van der Waals surface area contributed by atoms with Crippen molar-refractivity contribution in [3.8, 4) is 0 Å². The lowest BCUT2D eigenvalue weighted by molar-refractivity contribution is -0.131. The average Bonchev–Trinajstić information content (AvgIpc) is 2.84. The van der Waals surface area contributed by atoms with Crippen molar-refractivity contribution in [3.05, 3.63) is 70.2 Å². The Morgan fingerprint density at radius 3 is 2.42 bits per heavy atom. The fourth-order valence-corrected chi connectivity index (χ4v) is 3.29. The third-order valence-corrected chi connectivity index (χ3v) is 4.96. The molecule has 1 aliphatic heterocycles. The third-order valence-electron chi connectivity index (χ3n) is 4.73. The summed E-state index contributed by atoms with van der Waals surface area (Å²) in [4.78, 5) is 39.3. The first-order chi connectivity index (χ1) is 12.2. The zero-order valence-electron chi connectivity index (χ0n) is 14.7. The Bertz CT molecular complexity index is 894. The van der Waals surface area contributed by atoms with Crippen LogP contribution in [0.25, 0.3) is 0 Å². The monoisotopic (exact) mass is 370 g/mol. The number of aryl methyl sites for hydroxylation is 1. The van der Waals surface area contributed by atoms with Gasteiger partial charge in [0.1, 0.15) is 11.6 Å². The summed E-state index contributed by atoms with van der Waals surface area (Å²) in [6.07, 6.45) is 0. The Morgan fingerprint density at radius 2 is 1.81 bits per heavy atom. The smallest absolute Gasteiger partial charge is 0.319 e. The lowest BCUT2D eigenvalue weighted by atomic mass is 9.91. The van der Waals surface area contributed by atoms with Crippen LogP contribution >= 0.6 is 11.6 Å². The maximum Gasteiger partial charge on any atom is 0.325 e. The minimum absolute atomic E-state index is 0.343. The van der Waals surface area contributed by atoms with Gasteiger partial charge < -0.3 is 5.32 Å². The van der Waals surface area contributed by atoms with Crippen molar-refractivity contribution in [1.29, 1.82) is 0 Å². The normalized spacial score (nSPS) is 20.8.